The van der Waals surface area contributed by atoms with Gasteiger partial charge in [-0.1, -0.05) is 68.2 Å². The maximum Gasteiger partial charge on any atom is 0.143 e. The molecule has 0 radical (unpaired) electrons. The molecule has 6 aliphatic carbocycles. The van der Waals surface area contributed by atoms with Crippen molar-refractivity contribution in [1.82, 2.24) is 10.6 Å². The van der Waals surface area contributed by atoms with Crippen molar-refractivity contribution in [2.45, 2.75) is 204 Å². The molecular formula is C44H76N2O2S2. The van der Waals surface area contributed by atoms with Gasteiger partial charge in [0.05, 0.1) is 0 Å². The van der Waals surface area contributed by atoms with Crippen molar-refractivity contribution >= 4 is 35.1 Å². The fraction of sp³-hybridized carbons (Fsp3) is 0.955. The van der Waals surface area contributed by atoms with Crippen LogP contribution in [0.1, 0.15) is 165 Å². The van der Waals surface area contributed by atoms with Gasteiger partial charge in [0.1, 0.15) is 11.6 Å². The topological polar surface area (TPSA) is 58.2 Å². The standard InChI is InChI=1S/C44H76N2O2S2/c1-9-27-14-25-36(50-33-13-11-12-32(26-33)49-10-2)40-37(27)41(47)38-34(45-30-19-15-28(16-20-30)43(3,4)5)23-24-35(39(38)42(40)48)46-31-21-17-29(18-22-31)44(6,7)8/h27-40,45-46H,9-26H2,1-8H3. The molecule has 0 spiro atoms. The average molecular weight is 729 g/mol. The highest BCUT2D eigenvalue weighted by atomic mass is 32.2. The van der Waals surface area contributed by atoms with Crippen molar-refractivity contribution < 1.29 is 9.59 Å². The van der Waals surface area contributed by atoms with Gasteiger partial charge in [0, 0.05) is 63.6 Å². The molecule has 0 aromatic heterocycles. The first-order valence-corrected chi connectivity index (χ1v) is 23.6. The van der Waals surface area contributed by atoms with Crippen molar-refractivity contribution in [2.24, 2.45) is 52.3 Å². The molecule has 0 aromatic carbocycles. The number of fused-ring (bicyclic) bond motifs is 2. The van der Waals surface area contributed by atoms with Gasteiger partial charge in [0.15, 0.2) is 0 Å². The Morgan fingerprint density at radius 2 is 1.08 bits per heavy atom. The van der Waals surface area contributed by atoms with Gasteiger partial charge >= 0.3 is 0 Å². The molecule has 0 saturated heterocycles. The molecule has 50 heavy (non-hydrogen) atoms. The summed E-state index contributed by atoms with van der Waals surface area (Å²) in [6.45, 7) is 19.0. The number of carbonyl (C=O) groups is 2. The summed E-state index contributed by atoms with van der Waals surface area (Å²) in [5.41, 5.74) is 0.730. The van der Waals surface area contributed by atoms with Gasteiger partial charge < -0.3 is 10.6 Å². The number of hydrogen-bond donors (Lipinski definition) is 2. The highest BCUT2D eigenvalue weighted by Crippen LogP contribution is 2.54. The fourth-order valence-electron chi connectivity index (χ4n) is 12.1. The minimum Gasteiger partial charge on any atom is -0.310 e. The Kier molecular flexibility index (Phi) is 13.3. The van der Waals surface area contributed by atoms with E-state index in [1.807, 2.05) is 0 Å². The Morgan fingerprint density at radius 1 is 0.580 bits per heavy atom. The van der Waals surface area contributed by atoms with Gasteiger partial charge in [0.25, 0.3) is 0 Å². The maximum atomic E-state index is 15.4. The van der Waals surface area contributed by atoms with Crippen molar-refractivity contribution in [3.8, 4) is 0 Å². The van der Waals surface area contributed by atoms with Crippen molar-refractivity contribution in [2.75, 3.05) is 5.75 Å². The third-order valence-electron chi connectivity index (χ3n) is 15.1. The lowest BCUT2D eigenvalue weighted by Crippen LogP contribution is -2.67. The van der Waals surface area contributed by atoms with E-state index in [2.05, 4.69) is 89.5 Å². The third kappa shape index (κ3) is 8.91. The van der Waals surface area contributed by atoms with E-state index < -0.39 is 0 Å². The smallest absolute Gasteiger partial charge is 0.143 e. The van der Waals surface area contributed by atoms with Gasteiger partial charge in [-0.15, -0.1) is 0 Å². The molecule has 6 rings (SSSR count). The summed E-state index contributed by atoms with van der Waals surface area (Å²) in [5, 5.41) is 10.0. The summed E-state index contributed by atoms with van der Waals surface area (Å²) < 4.78 is 0. The minimum atomic E-state index is -0.158. The number of hydrogen-bond acceptors (Lipinski definition) is 6. The van der Waals surface area contributed by atoms with Gasteiger partial charge in [-0.05, 0) is 131 Å². The molecule has 6 heteroatoms. The predicted molar refractivity (Wildman–Crippen MR) is 216 cm³/mol. The van der Waals surface area contributed by atoms with Crippen LogP contribution in [-0.2, 0) is 9.59 Å². The van der Waals surface area contributed by atoms with E-state index in [0.29, 0.717) is 50.9 Å². The first-order valence-electron chi connectivity index (χ1n) is 21.6. The number of rotatable bonds is 9. The lowest BCUT2D eigenvalue weighted by atomic mass is 9.53. The second-order valence-electron chi connectivity index (χ2n) is 20.1. The number of nitrogens with one attached hydrogen (secondary N) is 2. The van der Waals surface area contributed by atoms with Crippen LogP contribution in [0, 0.1) is 52.3 Å². The number of Topliss-reactive ketones (excluding diaryl/α,β-unsaturated/α-hetero) is 2. The second-order valence-corrected chi connectivity index (χ2v) is 23.3. The lowest BCUT2D eigenvalue weighted by molar-refractivity contribution is -0.156. The van der Waals surface area contributed by atoms with Crippen LogP contribution < -0.4 is 10.6 Å². The summed E-state index contributed by atoms with van der Waals surface area (Å²) in [6.07, 6.45) is 20.5. The lowest BCUT2D eigenvalue weighted by Gasteiger charge is -2.54. The van der Waals surface area contributed by atoms with E-state index >= 15 is 9.59 Å². The molecule has 0 aliphatic heterocycles. The Labute approximate surface area is 316 Å². The zero-order valence-corrected chi connectivity index (χ0v) is 35.1. The van der Waals surface area contributed by atoms with Crippen LogP contribution in [0.25, 0.3) is 0 Å². The second kappa shape index (κ2) is 16.8. The highest BCUT2D eigenvalue weighted by Gasteiger charge is 2.60. The first-order chi connectivity index (χ1) is 23.8. The summed E-state index contributed by atoms with van der Waals surface area (Å²) in [4.78, 5) is 30.7. The van der Waals surface area contributed by atoms with Crippen molar-refractivity contribution in [1.29, 1.82) is 0 Å². The van der Waals surface area contributed by atoms with E-state index in [4.69, 9.17) is 0 Å². The van der Waals surface area contributed by atoms with Crippen LogP contribution >= 0.6 is 23.5 Å². The van der Waals surface area contributed by atoms with Crippen LogP contribution in [0.3, 0.4) is 0 Å². The molecule has 286 valence electrons. The molecule has 10 atom stereocenters. The molecule has 6 fully saturated rings. The van der Waals surface area contributed by atoms with E-state index in [9.17, 15) is 0 Å². The number of carbonyl (C=O) groups excluding carboxylic acids is 2. The maximum absolute atomic E-state index is 15.4. The fourth-order valence-corrected chi connectivity index (χ4v) is 15.3. The van der Waals surface area contributed by atoms with Crippen molar-refractivity contribution in [3.63, 3.8) is 0 Å². The van der Waals surface area contributed by atoms with Gasteiger partial charge in [-0.2, -0.15) is 23.5 Å². The van der Waals surface area contributed by atoms with Gasteiger partial charge in [0.2, 0.25) is 0 Å². The molecular weight excluding hydrogens is 653 g/mol. The summed E-state index contributed by atoms with van der Waals surface area (Å²) in [7, 11) is 0. The van der Waals surface area contributed by atoms with Crippen LogP contribution in [0.5, 0.6) is 0 Å². The number of ketones is 2. The zero-order valence-electron chi connectivity index (χ0n) is 33.4. The van der Waals surface area contributed by atoms with Crippen molar-refractivity contribution in [3.05, 3.63) is 0 Å². The molecule has 4 nitrogen and oxygen atoms in total. The van der Waals surface area contributed by atoms with E-state index in [-0.39, 0.29) is 35.8 Å². The normalized spacial score (nSPS) is 43.3. The Bertz CT molecular complexity index is 1130. The van der Waals surface area contributed by atoms with Crippen LogP contribution in [0.4, 0.5) is 0 Å². The summed E-state index contributed by atoms with van der Waals surface area (Å²) in [6, 6.07) is 1.26. The predicted octanol–water partition coefficient (Wildman–Crippen LogP) is 10.5. The minimum absolute atomic E-state index is 0.0636. The quantitative estimate of drug-likeness (QED) is 0.247. The molecule has 2 N–H and O–H groups in total. The molecule has 0 bridgehead atoms. The van der Waals surface area contributed by atoms with E-state index in [1.165, 1.54) is 82.8 Å². The Hall–Kier alpha value is -0.0400. The average Bonchev–Trinajstić information content (AvgIpc) is 3.07. The highest BCUT2D eigenvalue weighted by molar-refractivity contribution is 8.01. The molecule has 6 aliphatic rings. The van der Waals surface area contributed by atoms with Crippen LogP contribution in [-0.4, -0.2) is 57.2 Å². The molecule has 6 saturated carbocycles. The van der Waals surface area contributed by atoms with Crippen LogP contribution in [0.15, 0.2) is 0 Å². The SMILES string of the molecule is CCSC1CCCC(SC2CCC(CC)C3C(=O)C4C(NC5CCC(C(C)(C)C)CC5)CCC(NC5CCC(C(C)(C)C)CC5)C4C(=O)C23)C1. The summed E-state index contributed by atoms with van der Waals surface area (Å²) >= 11 is 4.31. The first kappa shape index (κ1) is 39.6. The molecule has 0 aromatic rings. The third-order valence-corrected chi connectivity index (χ3v) is 18.1. The van der Waals surface area contributed by atoms with Crippen LogP contribution in [0.2, 0.25) is 0 Å². The molecule has 0 heterocycles. The summed E-state index contributed by atoms with van der Waals surface area (Å²) in [5.74, 6) is 3.66. The van der Waals surface area contributed by atoms with Gasteiger partial charge in [-0.25, -0.2) is 0 Å². The van der Waals surface area contributed by atoms with E-state index in [1.54, 1.807) is 0 Å². The number of thioether (sulfide) groups is 2. The Morgan fingerprint density at radius 3 is 1.56 bits per heavy atom. The van der Waals surface area contributed by atoms with Gasteiger partial charge in [-0.3, -0.25) is 9.59 Å². The van der Waals surface area contributed by atoms with E-state index in [0.717, 1.165) is 49.2 Å². The molecule has 10 unspecified atom stereocenters. The molecule has 0 amide bonds. The zero-order chi connectivity index (χ0) is 35.8. The monoisotopic (exact) mass is 729 g/mol. The Balaban J connectivity index is 1.24. The largest absolute Gasteiger partial charge is 0.310 e.